The maximum absolute atomic E-state index is 12.3. The third kappa shape index (κ3) is 4.14. The SMILES string of the molecule is O=C(NCc1ccc2c(c1)OCO2)c1ccc(NCc2ccccn2)cn1. The number of fused-ring (bicyclic) bond motifs is 1. The van der Waals surface area contributed by atoms with E-state index in [1.165, 1.54) is 0 Å². The molecule has 0 unspecified atom stereocenters. The summed E-state index contributed by atoms with van der Waals surface area (Å²) in [5, 5.41) is 6.08. The molecule has 3 heterocycles. The van der Waals surface area contributed by atoms with Crippen LogP contribution >= 0.6 is 0 Å². The fourth-order valence-corrected chi connectivity index (χ4v) is 2.65. The lowest BCUT2D eigenvalue weighted by molar-refractivity contribution is 0.0946. The molecule has 27 heavy (non-hydrogen) atoms. The number of nitrogens with zero attached hydrogens (tertiary/aromatic N) is 2. The molecule has 4 rings (SSSR count). The first kappa shape index (κ1) is 16.8. The van der Waals surface area contributed by atoms with Crippen molar-refractivity contribution in [3.05, 3.63) is 77.9 Å². The maximum atomic E-state index is 12.3. The Hall–Kier alpha value is -3.61. The Morgan fingerprint density at radius 1 is 1.00 bits per heavy atom. The predicted molar refractivity (Wildman–Crippen MR) is 99.5 cm³/mol. The summed E-state index contributed by atoms with van der Waals surface area (Å²) in [6.45, 7) is 1.21. The summed E-state index contributed by atoms with van der Waals surface area (Å²) >= 11 is 0. The molecule has 2 aromatic heterocycles. The molecular formula is C20H18N4O3. The molecule has 0 fully saturated rings. The highest BCUT2D eigenvalue weighted by Gasteiger charge is 2.14. The largest absolute Gasteiger partial charge is 0.454 e. The Morgan fingerprint density at radius 3 is 2.74 bits per heavy atom. The van der Waals surface area contributed by atoms with Crippen molar-refractivity contribution in [2.75, 3.05) is 12.1 Å². The summed E-state index contributed by atoms with van der Waals surface area (Å²) < 4.78 is 10.6. The van der Waals surface area contributed by atoms with Gasteiger partial charge in [-0.1, -0.05) is 12.1 Å². The second-order valence-corrected chi connectivity index (χ2v) is 5.98. The highest BCUT2D eigenvalue weighted by Crippen LogP contribution is 2.32. The van der Waals surface area contributed by atoms with E-state index in [0.29, 0.717) is 24.5 Å². The molecule has 0 spiro atoms. The Labute approximate surface area is 156 Å². The van der Waals surface area contributed by atoms with Gasteiger partial charge in [0.15, 0.2) is 11.5 Å². The number of ether oxygens (including phenoxy) is 2. The van der Waals surface area contributed by atoms with Gasteiger partial charge in [0.05, 0.1) is 24.1 Å². The summed E-state index contributed by atoms with van der Waals surface area (Å²) in [4.78, 5) is 20.8. The molecule has 0 saturated carbocycles. The van der Waals surface area contributed by atoms with Crippen LogP contribution in [0.3, 0.4) is 0 Å². The quantitative estimate of drug-likeness (QED) is 0.701. The number of anilines is 1. The van der Waals surface area contributed by atoms with Crippen molar-refractivity contribution in [3.8, 4) is 11.5 Å². The minimum Gasteiger partial charge on any atom is -0.454 e. The highest BCUT2D eigenvalue weighted by atomic mass is 16.7. The standard InChI is InChI=1S/C20H18N4O3/c25-20(24-10-14-4-7-18-19(9-14)27-13-26-18)17-6-5-16(12-23-17)22-11-15-3-1-2-8-21-15/h1-9,12,22H,10-11,13H2,(H,24,25). The third-order valence-electron chi connectivity index (χ3n) is 4.09. The summed E-state index contributed by atoms with van der Waals surface area (Å²) in [7, 11) is 0. The Kier molecular flexibility index (Phi) is 4.82. The van der Waals surface area contributed by atoms with Crippen LogP contribution in [0.2, 0.25) is 0 Å². The lowest BCUT2D eigenvalue weighted by atomic mass is 10.2. The zero-order valence-corrected chi connectivity index (χ0v) is 14.5. The van der Waals surface area contributed by atoms with Gasteiger partial charge in [-0.2, -0.15) is 0 Å². The Morgan fingerprint density at radius 2 is 1.93 bits per heavy atom. The lowest BCUT2D eigenvalue weighted by Gasteiger charge is -2.08. The molecule has 0 saturated heterocycles. The average molecular weight is 362 g/mol. The second-order valence-electron chi connectivity index (χ2n) is 5.98. The van der Waals surface area contributed by atoms with Crippen molar-refractivity contribution >= 4 is 11.6 Å². The van der Waals surface area contributed by atoms with Crippen LogP contribution < -0.4 is 20.1 Å². The fourth-order valence-electron chi connectivity index (χ4n) is 2.65. The van der Waals surface area contributed by atoms with Gasteiger partial charge in [0.25, 0.3) is 5.91 Å². The topological polar surface area (TPSA) is 85.4 Å². The smallest absolute Gasteiger partial charge is 0.270 e. The zero-order valence-electron chi connectivity index (χ0n) is 14.5. The summed E-state index contributed by atoms with van der Waals surface area (Å²) in [6.07, 6.45) is 3.39. The van der Waals surface area contributed by atoms with E-state index in [-0.39, 0.29) is 12.7 Å². The first-order chi connectivity index (χ1) is 13.3. The second kappa shape index (κ2) is 7.74. The molecule has 7 heteroatoms. The van der Waals surface area contributed by atoms with Crippen molar-refractivity contribution in [1.29, 1.82) is 0 Å². The molecule has 1 aliphatic rings. The van der Waals surface area contributed by atoms with Gasteiger partial charge < -0.3 is 20.1 Å². The number of hydrogen-bond acceptors (Lipinski definition) is 6. The van der Waals surface area contributed by atoms with Crippen LogP contribution in [0.1, 0.15) is 21.7 Å². The van der Waals surface area contributed by atoms with Gasteiger partial charge in [0.2, 0.25) is 6.79 Å². The van der Waals surface area contributed by atoms with E-state index < -0.39 is 0 Å². The van der Waals surface area contributed by atoms with Gasteiger partial charge in [-0.05, 0) is 42.0 Å². The van der Waals surface area contributed by atoms with Crippen LogP contribution in [0, 0.1) is 0 Å². The molecular weight excluding hydrogens is 344 g/mol. The minimum atomic E-state index is -0.232. The number of hydrogen-bond donors (Lipinski definition) is 2. The van der Waals surface area contributed by atoms with Gasteiger partial charge in [-0.15, -0.1) is 0 Å². The number of amides is 1. The van der Waals surface area contributed by atoms with E-state index in [2.05, 4.69) is 20.6 Å². The van der Waals surface area contributed by atoms with Crippen molar-refractivity contribution in [3.63, 3.8) is 0 Å². The van der Waals surface area contributed by atoms with E-state index in [1.54, 1.807) is 18.5 Å². The number of carbonyl (C=O) groups is 1. The highest BCUT2D eigenvalue weighted by molar-refractivity contribution is 5.92. The number of carbonyl (C=O) groups excluding carboxylic acids is 1. The van der Waals surface area contributed by atoms with Crippen LogP contribution in [0.4, 0.5) is 5.69 Å². The molecule has 7 nitrogen and oxygen atoms in total. The number of benzene rings is 1. The van der Waals surface area contributed by atoms with Crippen molar-refractivity contribution in [2.24, 2.45) is 0 Å². The Balaban J connectivity index is 1.31. The van der Waals surface area contributed by atoms with Crippen molar-refractivity contribution in [2.45, 2.75) is 13.1 Å². The van der Waals surface area contributed by atoms with Gasteiger partial charge in [-0.3, -0.25) is 9.78 Å². The van der Waals surface area contributed by atoms with Crippen LogP contribution in [-0.4, -0.2) is 22.7 Å². The van der Waals surface area contributed by atoms with Gasteiger partial charge in [0.1, 0.15) is 5.69 Å². The van der Waals surface area contributed by atoms with Crippen molar-refractivity contribution < 1.29 is 14.3 Å². The molecule has 3 aromatic rings. The van der Waals surface area contributed by atoms with Gasteiger partial charge >= 0.3 is 0 Å². The minimum absolute atomic E-state index is 0.232. The number of pyridine rings is 2. The molecule has 2 N–H and O–H groups in total. The van der Waals surface area contributed by atoms with Crippen LogP contribution in [-0.2, 0) is 13.1 Å². The summed E-state index contributed by atoms with van der Waals surface area (Å²) in [5.74, 6) is 1.19. The van der Waals surface area contributed by atoms with Crippen LogP contribution in [0.15, 0.2) is 60.9 Å². The molecule has 0 atom stereocenters. The van der Waals surface area contributed by atoms with Gasteiger partial charge in [0, 0.05) is 12.7 Å². The molecule has 0 bridgehead atoms. The fraction of sp³-hybridized carbons (Fsp3) is 0.150. The molecule has 1 amide bonds. The lowest BCUT2D eigenvalue weighted by Crippen LogP contribution is -2.23. The van der Waals surface area contributed by atoms with Crippen LogP contribution in [0.25, 0.3) is 0 Å². The van der Waals surface area contributed by atoms with E-state index in [1.807, 2.05) is 42.5 Å². The molecule has 0 aliphatic carbocycles. The maximum Gasteiger partial charge on any atom is 0.270 e. The van der Waals surface area contributed by atoms with E-state index in [4.69, 9.17) is 9.47 Å². The van der Waals surface area contributed by atoms with E-state index in [0.717, 1.165) is 22.7 Å². The summed E-state index contributed by atoms with van der Waals surface area (Å²) in [5.41, 5.74) is 3.05. The molecule has 1 aromatic carbocycles. The zero-order chi connectivity index (χ0) is 18.5. The van der Waals surface area contributed by atoms with Crippen molar-refractivity contribution in [1.82, 2.24) is 15.3 Å². The number of nitrogens with one attached hydrogen (secondary N) is 2. The average Bonchev–Trinajstić information content (AvgIpc) is 3.19. The number of rotatable bonds is 6. The monoisotopic (exact) mass is 362 g/mol. The Bertz CT molecular complexity index is 930. The normalized spacial score (nSPS) is 11.9. The number of aromatic nitrogens is 2. The van der Waals surface area contributed by atoms with Crippen LogP contribution in [0.5, 0.6) is 11.5 Å². The van der Waals surface area contributed by atoms with E-state index >= 15 is 0 Å². The van der Waals surface area contributed by atoms with Gasteiger partial charge in [-0.25, -0.2) is 4.98 Å². The molecule has 1 aliphatic heterocycles. The summed E-state index contributed by atoms with van der Waals surface area (Å²) in [6, 6.07) is 14.9. The predicted octanol–water partition coefficient (Wildman–Crippen LogP) is 2.75. The molecule has 136 valence electrons. The molecule has 0 radical (unpaired) electrons. The first-order valence-corrected chi connectivity index (χ1v) is 8.54. The first-order valence-electron chi connectivity index (χ1n) is 8.54. The third-order valence-corrected chi connectivity index (χ3v) is 4.09. The van der Waals surface area contributed by atoms with E-state index in [9.17, 15) is 4.79 Å².